The van der Waals surface area contributed by atoms with E-state index in [1.807, 2.05) is 25.1 Å². The second-order valence-electron chi connectivity index (χ2n) is 4.06. The molecule has 3 nitrogen and oxygen atoms in total. The third-order valence-corrected chi connectivity index (χ3v) is 2.70. The van der Waals surface area contributed by atoms with Crippen LogP contribution >= 0.6 is 0 Å². The van der Waals surface area contributed by atoms with Crippen LogP contribution in [0.15, 0.2) is 36.4 Å². The Morgan fingerprint density at radius 2 is 1.76 bits per heavy atom. The molecule has 0 bridgehead atoms. The first-order chi connectivity index (χ1) is 8.11. The van der Waals surface area contributed by atoms with Gasteiger partial charge in [-0.15, -0.1) is 0 Å². The number of rotatable bonds is 2. The summed E-state index contributed by atoms with van der Waals surface area (Å²) in [6.07, 6.45) is 0.816. The number of aldehydes is 1. The summed E-state index contributed by atoms with van der Waals surface area (Å²) in [5.41, 5.74) is 16.3. The average molecular weight is 226 g/mol. The molecule has 0 aliphatic carbocycles. The molecule has 0 fully saturated rings. The topological polar surface area (TPSA) is 69.1 Å². The van der Waals surface area contributed by atoms with Crippen molar-refractivity contribution >= 4 is 17.7 Å². The standard InChI is InChI=1S/C14H14N2O/c1-9-2-5-14(16)13(6-9)12-7-11(15)4-3-10(12)8-17/h2-8H,15-16H2,1H3. The minimum Gasteiger partial charge on any atom is -0.399 e. The third kappa shape index (κ3) is 2.13. The van der Waals surface area contributed by atoms with E-state index < -0.39 is 0 Å². The summed E-state index contributed by atoms with van der Waals surface area (Å²) in [4.78, 5) is 11.0. The van der Waals surface area contributed by atoms with Crippen molar-refractivity contribution in [3.63, 3.8) is 0 Å². The number of aryl methyl sites for hydroxylation is 1. The lowest BCUT2D eigenvalue weighted by molar-refractivity contribution is 0.112. The Morgan fingerprint density at radius 1 is 1.00 bits per heavy atom. The number of nitrogens with two attached hydrogens (primary N) is 2. The van der Waals surface area contributed by atoms with E-state index in [1.54, 1.807) is 18.2 Å². The lowest BCUT2D eigenvalue weighted by atomic mass is 9.97. The van der Waals surface area contributed by atoms with E-state index in [0.29, 0.717) is 16.9 Å². The zero-order chi connectivity index (χ0) is 12.4. The molecule has 0 heterocycles. The van der Waals surface area contributed by atoms with Crippen LogP contribution in [0.5, 0.6) is 0 Å². The van der Waals surface area contributed by atoms with Crippen molar-refractivity contribution < 1.29 is 4.79 Å². The molecule has 0 amide bonds. The second kappa shape index (κ2) is 4.29. The molecular formula is C14H14N2O. The first kappa shape index (κ1) is 11.2. The molecule has 0 radical (unpaired) electrons. The fourth-order valence-electron chi connectivity index (χ4n) is 1.81. The Labute approximate surface area is 100 Å². The molecule has 0 saturated heterocycles. The predicted molar refractivity (Wildman–Crippen MR) is 70.8 cm³/mol. The van der Waals surface area contributed by atoms with Gasteiger partial charge in [0, 0.05) is 22.5 Å². The molecule has 86 valence electrons. The molecule has 0 saturated carbocycles. The highest BCUT2D eigenvalue weighted by Gasteiger charge is 2.08. The van der Waals surface area contributed by atoms with Gasteiger partial charge in [0.05, 0.1) is 0 Å². The van der Waals surface area contributed by atoms with Crippen LogP contribution < -0.4 is 11.5 Å². The minimum absolute atomic E-state index is 0.594. The Morgan fingerprint density at radius 3 is 2.47 bits per heavy atom. The average Bonchev–Trinajstić information content (AvgIpc) is 2.32. The monoisotopic (exact) mass is 226 g/mol. The molecule has 2 aromatic rings. The summed E-state index contributed by atoms with van der Waals surface area (Å²) in [5.74, 6) is 0. The largest absolute Gasteiger partial charge is 0.399 e. The zero-order valence-electron chi connectivity index (χ0n) is 9.60. The van der Waals surface area contributed by atoms with Crippen LogP contribution in [0, 0.1) is 6.92 Å². The highest BCUT2D eigenvalue weighted by Crippen LogP contribution is 2.30. The predicted octanol–water partition coefficient (Wildman–Crippen LogP) is 2.64. The molecule has 0 unspecified atom stereocenters. The number of anilines is 2. The molecule has 0 aliphatic rings. The molecular weight excluding hydrogens is 212 g/mol. The van der Waals surface area contributed by atoms with Gasteiger partial charge < -0.3 is 11.5 Å². The van der Waals surface area contributed by atoms with E-state index in [-0.39, 0.29) is 0 Å². The van der Waals surface area contributed by atoms with Gasteiger partial charge in [-0.05, 0) is 42.8 Å². The fourth-order valence-corrected chi connectivity index (χ4v) is 1.81. The highest BCUT2D eigenvalue weighted by atomic mass is 16.1. The van der Waals surface area contributed by atoms with Crippen molar-refractivity contribution in [3.05, 3.63) is 47.5 Å². The SMILES string of the molecule is Cc1ccc(N)c(-c2cc(N)ccc2C=O)c1. The van der Waals surface area contributed by atoms with Gasteiger partial charge in [-0.2, -0.15) is 0 Å². The van der Waals surface area contributed by atoms with Crippen molar-refractivity contribution in [2.75, 3.05) is 11.5 Å². The molecule has 0 spiro atoms. The van der Waals surface area contributed by atoms with Gasteiger partial charge in [0.15, 0.2) is 6.29 Å². The summed E-state index contributed by atoms with van der Waals surface area (Å²) in [7, 11) is 0. The number of hydrogen-bond donors (Lipinski definition) is 2. The molecule has 2 rings (SSSR count). The van der Waals surface area contributed by atoms with Crippen LogP contribution in [-0.4, -0.2) is 6.29 Å². The lowest BCUT2D eigenvalue weighted by Gasteiger charge is -2.10. The van der Waals surface area contributed by atoms with Gasteiger partial charge >= 0.3 is 0 Å². The normalized spacial score (nSPS) is 10.2. The molecule has 17 heavy (non-hydrogen) atoms. The van der Waals surface area contributed by atoms with Gasteiger partial charge in [-0.3, -0.25) is 4.79 Å². The Balaban J connectivity index is 2.70. The summed E-state index contributed by atoms with van der Waals surface area (Å²) in [6.45, 7) is 1.98. The zero-order valence-corrected chi connectivity index (χ0v) is 9.60. The van der Waals surface area contributed by atoms with Crippen molar-refractivity contribution in [2.24, 2.45) is 0 Å². The van der Waals surface area contributed by atoms with Gasteiger partial charge in [-0.25, -0.2) is 0 Å². The quantitative estimate of drug-likeness (QED) is 0.611. The van der Waals surface area contributed by atoms with E-state index >= 15 is 0 Å². The number of nitrogen functional groups attached to an aromatic ring is 2. The van der Waals surface area contributed by atoms with E-state index in [9.17, 15) is 4.79 Å². The van der Waals surface area contributed by atoms with Crippen molar-refractivity contribution in [1.82, 2.24) is 0 Å². The molecule has 0 atom stereocenters. The van der Waals surface area contributed by atoms with Crippen LogP contribution in [0.2, 0.25) is 0 Å². The van der Waals surface area contributed by atoms with Gasteiger partial charge in [0.25, 0.3) is 0 Å². The maximum absolute atomic E-state index is 11.0. The first-order valence-corrected chi connectivity index (χ1v) is 5.33. The van der Waals surface area contributed by atoms with Crippen LogP contribution in [0.1, 0.15) is 15.9 Å². The summed E-state index contributed by atoms with van der Waals surface area (Å²) < 4.78 is 0. The van der Waals surface area contributed by atoms with Crippen molar-refractivity contribution in [1.29, 1.82) is 0 Å². The Kier molecular flexibility index (Phi) is 2.83. The van der Waals surface area contributed by atoms with E-state index in [0.717, 1.165) is 23.0 Å². The molecule has 0 aromatic heterocycles. The number of carbonyl (C=O) groups is 1. The van der Waals surface area contributed by atoms with E-state index in [2.05, 4.69) is 0 Å². The summed E-state index contributed by atoms with van der Waals surface area (Å²) in [5, 5.41) is 0. The maximum Gasteiger partial charge on any atom is 0.150 e. The summed E-state index contributed by atoms with van der Waals surface area (Å²) >= 11 is 0. The van der Waals surface area contributed by atoms with Crippen LogP contribution in [0.4, 0.5) is 11.4 Å². The van der Waals surface area contributed by atoms with Crippen molar-refractivity contribution in [2.45, 2.75) is 6.92 Å². The van der Waals surface area contributed by atoms with Crippen LogP contribution in [-0.2, 0) is 0 Å². The second-order valence-corrected chi connectivity index (χ2v) is 4.06. The first-order valence-electron chi connectivity index (χ1n) is 5.33. The molecule has 2 aromatic carbocycles. The minimum atomic E-state index is 0.594. The van der Waals surface area contributed by atoms with E-state index in [4.69, 9.17) is 11.5 Å². The molecule has 0 aliphatic heterocycles. The molecule has 4 N–H and O–H groups in total. The Hall–Kier alpha value is -2.29. The fraction of sp³-hybridized carbons (Fsp3) is 0.0714. The van der Waals surface area contributed by atoms with Gasteiger partial charge in [0.1, 0.15) is 0 Å². The number of benzene rings is 2. The van der Waals surface area contributed by atoms with Crippen LogP contribution in [0.3, 0.4) is 0 Å². The maximum atomic E-state index is 11.0. The van der Waals surface area contributed by atoms with Gasteiger partial charge in [-0.1, -0.05) is 11.6 Å². The van der Waals surface area contributed by atoms with Crippen molar-refractivity contribution in [3.8, 4) is 11.1 Å². The highest BCUT2D eigenvalue weighted by molar-refractivity contribution is 5.92. The third-order valence-electron chi connectivity index (χ3n) is 2.70. The number of hydrogen-bond acceptors (Lipinski definition) is 3. The van der Waals surface area contributed by atoms with Gasteiger partial charge in [0.2, 0.25) is 0 Å². The summed E-state index contributed by atoms with van der Waals surface area (Å²) in [6, 6.07) is 10.9. The Bertz CT molecular complexity index is 576. The number of carbonyl (C=O) groups excluding carboxylic acids is 1. The lowest BCUT2D eigenvalue weighted by Crippen LogP contribution is -1.96. The molecule has 3 heteroatoms. The smallest absolute Gasteiger partial charge is 0.150 e. The van der Waals surface area contributed by atoms with E-state index in [1.165, 1.54) is 0 Å². The van der Waals surface area contributed by atoms with Crippen LogP contribution in [0.25, 0.3) is 11.1 Å².